The maximum Gasteiger partial charge on any atom is 0.100 e. The van der Waals surface area contributed by atoms with E-state index >= 15 is 0 Å². The first-order valence-corrected chi connectivity index (χ1v) is 5.63. The molecule has 0 spiro atoms. The van der Waals surface area contributed by atoms with Gasteiger partial charge in [-0.25, -0.2) is 0 Å². The van der Waals surface area contributed by atoms with Crippen LogP contribution in [0.3, 0.4) is 0 Å². The number of benzene rings is 1. The van der Waals surface area contributed by atoms with Gasteiger partial charge >= 0.3 is 0 Å². The highest BCUT2D eigenvalue weighted by molar-refractivity contribution is 9.10. The first kappa shape index (κ1) is 10.5. The largest absolute Gasteiger partial charge is 0.378 e. The van der Waals surface area contributed by atoms with E-state index in [0.29, 0.717) is 5.56 Å². The quantitative estimate of drug-likeness (QED) is 0.782. The predicted molar refractivity (Wildman–Crippen MR) is 61.9 cm³/mol. The summed E-state index contributed by atoms with van der Waals surface area (Å²) in [5.41, 5.74) is 1.82. The van der Waals surface area contributed by atoms with Gasteiger partial charge in [0.15, 0.2) is 0 Å². The van der Waals surface area contributed by atoms with Gasteiger partial charge in [0.05, 0.1) is 18.8 Å². The summed E-state index contributed by atoms with van der Waals surface area (Å²) in [5, 5.41) is 8.81. The molecule has 0 bridgehead atoms. The second-order valence-electron chi connectivity index (χ2n) is 3.38. The number of anilines is 1. The Kier molecular flexibility index (Phi) is 3.24. The fourth-order valence-electron chi connectivity index (χ4n) is 1.61. The van der Waals surface area contributed by atoms with E-state index in [1.807, 2.05) is 18.2 Å². The van der Waals surface area contributed by atoms with Crippen molar-refractivity contribution in [1.29, 1.82) is 5.26 Å². The van der Waals surface area contributed by atoms with Crippen LogP contribution in [-0.4, -0.2) is 26.3 Å². The summed E-state index contributed by atoms with van der Waals surface area (Å²) >= 11 is 3.39. The summed E-state index contributed by atoms with van der Waals surface area (Å²) in [6.07, 6.45) is 0. The normalized spacial score (nSPS) is 16.1. The first-order chi connectivity index (χ1) is 7.31. The minimum Gasteiger partial charge on any atom is -0.378 e. The minimum atomic E-state index is 0.673. The standard InChI is InChI=1S/C11H11BrN2O/c12-11-7-10(2-1-9(11)8-13)14-3-5-15-6-4-14/h1-2,7H,3-6H2. The molecule has 3 nitrogen and oxygen atoms in total. The highest BCUT2D eigenvalue weighted by Gasteiger charge is 2.12. The highest BCUT2D eigenvalue weighted by Crippen LogP contribution is 2.24. The van der Waals surface area contributed by atoms with Crippen molar-refractivity contribution in [2.75, 3.05) is 31.2 Å². The van der Waals surface area contributed by atoms with Crippen LogP contribution in [0.2, 0.25) is 0 Å². The van der Waals surface area contributed by atoms with Crippen molar-refractivity contribution >= 4 is 21.6 Å². The molecule has 0 radical (unpaired) electrons. The van der Waals surface area contributed by atoms with Crippen LogP contribution in [-0.2, 0) is 4.74 Å². The lowest BCUT2D eigenvalue weighted by Crippen LogP contribution is -2.36. The zero-order valence-electron chi connectivity index (χ0n) is 8.24. The number of nitrogens with zero attached hydrogens (tertiary/aromatic N) is 2. The lowest BCUT2D eigenvalue weighted by atomic mass is 10.2. The Labute approximate surface area is 97.4 Å². The number of nitriles is 1. The third kappa shape index (κ3) is 2.31. The van der Waals surface area contributed by atoms with Gasteiger partial charge in [-0.15, -0.1) is 0 Å². The van der Waals surface area contributed by atoms with Gasteiger partial charge in [0.1, 0.15) is 6.07 Å². The van der Waals surface area contributed by atoms with E-state index in [1.165, 1.54) is 0 Å². The van der Waals surface area contributed by atoms with E-state index in [2.05, 4.69) is 26.9 Å². The number of rotatable bonds is 1. The molecule has 1 aromatic rings. The van der Waals surface area contributed by atoms with Crippen LogP contribution >= 0.6 is 15.9 Å². The molecule has 15 heavy (non-hydrogen) atoms. The fraction of sp³-hybridized carbons (Fsp3) is 0.364. The van der Waals surface area contributed by atoms with Crippen molar-refractivity contribution in [3.05, 3.63) is 28.2 Å². The molecule has 0 aromatic heterocycles. The van der Waals surface area contributed by atoms with Crippen LogP contribution in [0.4, 0.5) is 5.69 Å². The summed E-state index contributed by atoms with van der Waals surface area (Å²) in [4.78, 5) is 2.26. The van der Waals surface area contributed by atoms with Gasteiger partial charge in [-0.2, -0.15) is 5.26 Å². The van der Waals surface area contributed by atoms with Crippen molar-refractivity contribution in [3.8, 4) is 6.07 Å². The smallest absolute Gasteiger partial charge is 0.100 e. The molecule has 0 atom stereocenters. The monoisotopic (exact) mass is 266 g/mol. The molecule has 4 heteroatoms. The zero-order valence-corrected chi connectivity index (χ0v) is 9.83. The van der Waals surface area contributed by atoms with E-state index < -0.39 is 0 Å². The molecule has 1 heterocycles. The number of hydrogen-bond donors (Lipinski definition) is 0. The summed E-state index contributed by atoms with van der Waals surface area (Å²) in [5.74, 6) is 0. The van der Waals surface area contributed by atoms with Gasteiger partial charge in [-0.1, -0.05) is 0 Å². The Hall–Kier alpha value is -1.05. The average molecular weight is 267 g/mol. The molecule has 1 fully saturated rings. The number of ether oxygens (including phenoxy) is 1. The van der Waals surface area contributed by atoms with Gasteiger partial charge in [-0.3, -0.25) is 0 Å². The molecule has 1 aliphatic rings. The Morgan fingerprint density at radius 3 is 2.67 bits per heavy atom. The molecule has 1 aliphatic heterocycles. The minimum absolute atomic E-state index is 0.673. The SMILES string of the molecule is N#Cc1ccc(N2CCOCC2)cc1Br. The van der Waals surface area contributed by atoms with Crippen LogP contribution < -0.4 is 4.90 Å². The van der Waals surface area contributed by atoms with E-state index in [4.69, 9.17) is 10.00 Å². The van der Waals surface area contributed by atoms with Gasteiger partial charge in [0.2, 0.25) is 0 Å². The third-order valence-corrected chi connectivity index (χ3v) is 3.11. The van der Waals surface area contributed by atoms with E-state index in [-0.39, 0.29) is 0 Å². The van der Waals surface area contributed by atoms with Crippen molar-refractivity contribution in [3.63, 3.8) is 0 Å². The second kappa shape index (κ2) is 4.65. The van der Waals surface area contributed by atoms with E-state index in [0.717, 1.165) is 36.5 Å². The third-order valence-electron chi connectivity index (χ3n) is 2.45. The number of morpholine rings is 1. The Bertz CT molecular complexity index is 394. The van der Waals surface area contributed by atoms with Crippen molar-refractivity contribution in [2.24, 2.45) is 0 Å². The van der Waals surface area contributed by atoms with Crippen molar-refractivity contribution in [2.45, 2.75) is 0 Å². The molecule has 0 aliphatic carbocycles. The van der Waals surface area contributed by atoms with Crippen LogP contribution in [0.25, 0.3) is 0 Å². The predicted octanol–water partition coefficient (Wildman–Crippen LogP) is 2.16. The second-order valence-corrected chi connectivity index (χ2v) is 4.23. The molecule has 0 amide bonds. The van der Waals surface area contributed by atoms with Gasteiger partial charge < -0.3 is 9.64 Å². The summed E-state index contributed by atoms with van der Waals surface area (Å²) in [7, 11) is 0. The molecule has 1 aromatic carbocycles. The van der Waals surface area contributed by atoms with Crippen molar-refractivity contribution < 1.29 is 4.74 Å². The van der Waals surface area contributed by atoms with E-state index in [1.54, 1.807) is 0 Å². The fourth-order valence-corrected chi connectivity index (χ4v) is 2.07. The Balaban J connectivity index is 2.22. The van der Waals surface area contributed by atoms with Gasteiger partial charge in [0.25, 0.3) is 0 Å². The van der Waals surface area contributed by atoms with E-state index in [9.17, 15) is 0 Å². The van der Waals surface area contributed by atoms with Gasteiger partial charge in [0, 0.05) is 23.2 Å². The maximum atomic E-state index is 8.81. The summed E-state index contributed by atoms with van der Waals surface area (Å²) < 4.78 is 6.15. The van der Waals surface area contributed by atoms with Crippen LogP contribution in [0.1, 0.15) is 5.56 Å². The highest BCUT2D eigenvalue weighted by atomic mass is 79.9. The van der Waals surface area contributed by atoms with Crippen molar-refractivity contribution in [1.82, 2.24) is 0 Å². The Morgan fingerprint density at radius 2 is 2.07 bits per heavy atom. The number of hydrogen-bond acceptors (Lipinski definition) is 3. The molecule has 0 saturated carbocycles. The first-order valence-electron chi connectivity index (χ1n) is 4.83. The van der Waals surface area contributed by atoms with Crippen LogP contribution in [0.15, 0.2) is 22.7 Å². The lowest BCUT2D eigenvalue weighted by Gasteiger charge is -2.29. The molecule has 1 saturated heterocycles. The molecule has 2 rings (SSSR count). The zero-order chi connectivity index (χ0) is 10.7. The topological polar surface area (TPSA) is 36.3 Å². The average Bonchev–Trinajstić information content (AvgIpc) is 2.30. The molecular weight excluding hydrogens is 256 g/mol. The lowest BCUT2D eigenvalue weighted by molar-refractivity contribution is 0.122. The molecule has 0 unspecified atom stereocenters. The van der Waals surface area contributed by atoms with Gasteiger partial charge in [-0.05, 0) is 34.1 Å². The molecule has 78 valence electrons. The molecule has 0 N–H and O–H groups in total. The van der Waals surface area contributed by atoms with Crippen LogP contribution in [0.5, 0.6) is 0 Å². The van der Waals surface area contributed by atoms with Crippen LogP contribution in [0, 0.1) is 11.3 Å². The Morgan fingerprint density at radius 1 is 1.33 bits per heavy atom. The number of halogens is 1. The summed E-state index contributed by atoms with van der Waals surface area (Å²) in [6, 6.07) is 7.95. The maximum absolute atomic E-state index is 8.81. The molecular formula is C11H11BrN2O. The summed E-state index contributed by atoms with van der Waals surface area (Å²) in [6.45, 7) is 3.38.